The lowest BCUT2D eigenvalue weighted by Crippen LogP contribution is -2.61. The fourth-order valence-corrected chi connectivity index (χ4v) is 7.39. The lowest BCUT2D eigenvalue weighted by Gasteiger charge is -2.55. The smallest absolute Gasteiger partial charge is 0.228 e. The summed E-state index contributed by atoms with van der Waals surface area (Å²) in [7, 11) is -1.19. The predicted octanol–water partition coefficient (Wildman–Crippen LogP) is 3.21. The third-order valence-electron chi connectivity index (χ3n) is 7.88. The van der Waals surface area contributed by atoms with Crippen molar-refractivity contribution in [2.45, 2.75) is 92.0 Å². The number of nitrogens with zero attached hydrogens (tertiary/aromatic N) is 5. The van der Waals surface area contributed by atoms with Gasteiger partial charge in [0.1, 0.15) is 16.5 Å². The summed E-state index contributed by atoms with van der Waals surface area (Å²) in [5, 5.41) is 14.1. The second kappa shape index (κ2) is 7.58. The maximum Gasteiger partial charge on any atom is 0.228 e. The van der Waals surface area contributed by atoms with Gasteiger partial charge in [-0.05, 0) is 52.4 Å². The van der Waals surface area contributed by atoms with Crippen LogP contribution >= 0.6 is 11.6 Å². The van der Waals surface area contributed by atoms with Crippen LogP contribution in [0.4, 0.5) is 11.8 Å². The quantitative estimate of drug-likeness (QED) is 0.661. The van der Waals surface area contributed by atoms with Gasteiger partial charge in [-0.1, -0.05) is 11.6 Å². The molecule has 0 amide bonds. The van der Waals surface area contributed by atoms with Crippen LogP contribution in [0.25, 0.3) is 0 Å². The number of anilines is 2. The van der Waals surface area contributed by atoms with E-state index in [0.717, 1.165) is 60.9 Å². The molecule has 4 fully saturated rings. The lowest BCUT2D eigenvalue weighted by atomic mass is 9.73. The van der Waals surface area contributed by atoms with Crippen molar-refractivity contribution < 1.29 is 9.32 Å². The van der Waals surface area contributed by atoms with Crippen molar-refractivity contribution in [1.29, 1.82) is 0 Å². The summed E-state index contributed by atoms with van der Waals surface area (Å²) in [6, 6.07) is 0.684. The van der Waals surface area contributed by atoms with Crippen LogP contribution in [0.5, 0.6) is 0 Å². The first-order valence-corrected chi connectivity index (χ1v) is 13.3. The van der Waals surface area contributed by atoms with Crippen LogP contribution in [0.1, 0.15) is 69.8 Å². The molecule has 2 bridgehead atoms. The summed E-state index contributed by atoms with van der Waals surface area (Å²) in [4.78, 5) is 21.8. The van der Waals surface area contributed by atoms with Gasteiger partial charge in [-0.25, -0.2) is 15.0 Å². The molecule has 176 valence electrons. The number of halogens is 1. The maximum absolute atomic E-state index is 13.3. The van der Waals surface area contributed by atoms with E-state index in [2.05, 4.69) is 20.2 Å². The standard InChI is InChI=1S/C23H29ClN6O2S/c1-22(2)9-17-18(33(22)32)20(29-23(12-31)4-3-5-23)28-21(27-17)30-15-6-13(7-16(30)8-15)19-25-10-14(24)11-26-19/h10-11,13,15-16,31H,3-9,12H2,1-2H3,(H,27,28,29)/t13?,15?,16?,33-/m0/s1. The Kier molecular flexibility index (Phi) is 4.98. The molecule has 8 nitrogen and oxygen atoms in total. The molecule has 2 aromatic heterocycles. The summed E-state index contributed by atoms with van der Waals surface area (Å²) in [6.45, 7) is 4.10. The SMILES string of the molecule is CC1(C)Cc2nc(N3C4CC(c5ncc(Cl)cn5)CC3C4)nc(NC3(CO)CCC3)c2[S@@]1=O. The normalized spacial score (nSPS) is 30.8. The van der Waals surface area contributed by atoms with Crippen LogP contribution in [0.2, 0.25) is 5.02 Å². The third kappa shape index (κ3) is 3.46. The van der Waals surface area contributed by atoms with Crippen LogP contribution in [-0.2, 0) is 17.2 Å². The number of nitrogens with one attached hydrogen (secondary N) is 1. The number of piperidine rings is 1. The van der Waals surface area contributed by atoms with E-state index >= 15 is 0 Å². The molecule has 5 heterocycles. The molecular formula is C23H29ClN6O2S. The molecule has 0 radical (unpaired) electrons. The summed E-state index contributed by atoms with van der Waals surface area (Å²) >= 11 is 5.96. The van der Waals surface area contributed by atoms with Crippen LogP contribution in [-0.4, -0.2) is 58.2 Å². The van der Waals surface area contributed by atoms with Crippen molar-refractivity contribution in [3.8, 4) is 0 Å². The molecule has 3 aliphatic heterocycles. The zero-order chi connectivity index (χ0) is 23.0. The van der Waals surface area contributed by atoms with Gasteiger partial charge in [0, 0.05) is 36.8 Å². The molecule has 10 heteroatoms. The zero-order valence-electron chi connectivity index (χ0n) is 18.9. The third-order valence-corrected chi connectivity index (χ3v) is 10.0. The first-order chi connectivity index (χ1) is 15.8. The number of fused-ring (bicyclic) bond motifs is 3. The minimum Gasteiger partial charge on any atom is -0.394 e. The molecule has 2 aliphatic carbocycles. The molecule has 33 heavy (non-hydrogen) atoms. The van der Waals surface area contributed by atoms with E-state index in [1.165, 1.54) is 0 Å². The molecule has 2 saturated heterocycles. The summed E-state index contributed by atoms with van der Waals surface area (Å²) in [5.41, 5.74) is 0.513. The maximum atomic E-state index is 13.3. The molecule has 2 aromatic rings. The Morgan fingerprint density at radius 3 is 2.48 bits per heavy atom. The average Bonchev–Trinajstić information content (AvgIpc) is 2.99. The highest BCUT2D eigenvalue weighted by molar-refractivity contribution is 7.87. The minimum atomic E-state index is -1.19. The van der Waals surface area contributed by atoms with E-state index in [4.69, 9.17) is 21.6 Å². The molecule has 2 saturated carbocycles. The van der Waals surface area contributed by atoms with Crippen molar-refractivity contribution in [3.63, 3.8) is 0 Å². The van der Waals surface area contributed by atoms with Crippen LogP contribution < -0.4 is 10.2 Å². The first kappa shape index (κ1) is 21.7. The molecular weight excluding hydrogens is 460 g/mol. The first-order valence-electron chi connectivity index (χ1n) is 11.8. The van der Waals surface area contributed by atoms with Gasteiger partial charge in [-0.3, -0.25) is 4.21 Å². The Labute approximate surface area is 201 Å². The van der Waals surface area contributed by atoms with Gasteiger partial charge in [0.15, 0.2) is 0 Å². The molecule has 7 rings (SSSR count). The monoisotopic (exact) mass is 488 g/mol. The fourth-order valence-electron chi connectivity index (χ4n) is 5.87. The van der Waals surface area contributed by atoms with Gasteiger partial charge in [0.2, 0.25) is 5.95 Å². The second-order valence-electron chi connectivity index (χ2n) is 10.6. The molecule has 0 spiro atoms. The number of aliphatic hydroxyl groups excluding tert-OH is 1. The molecule has 2 unspecified atom stereocenters. The summed E-state index contributed by atoms with van der Waals surface area (Å²) < 4.78 is 12.9. The molecule has 3 atom stereocenters. The lowest BCUT2D eigenvalue weighted by molar-refractivity contribution is 0.143. The predicted molar refractivity (Wildman–Crippen MR) is 127 cm³/mol. The summed E-state index contributed by atoms with van der Waals surface area (Å²) in [6.07, 6.45) is 9.90. The Bertz CT molecular complexity index is 1110. The van der Waals surface area contributed by atoms with Crippen molar-refractivity contribution >= 4 is 34.2 Å². The number of hydrogen-bond donors (Lipinski definition) is 2. The van der Waals surface area contributed by atoms with Crippen molar-refractivity contribution in [2.24, 2.45) is 0 Å². The number of rotatable bonds is 5. The van der Waals surface area contributed by atoms with Gasteiger partial charge in [-0.15, -0.1) is 0 Å². The Hall–Kier alpha value is -1.84. The van der Waals surface area contributed by atoms with Gasteiger partial charge in [0.25, 0.3) is 0 Å². The average molecular weight is 489 g/mol. The topological polar surface area (TPSA) is 104 Å². The number of hydrogen-bond acceptors (Lipinski definition) is 8. The largest absolute Gasteiger partial charge is 0.394 e. The number of aromatic nitrogens is 4. The van der Waals surface area contributed by atoms with Gasteiger partial charge in [0.05, 0.1) is 38.4 Å². The van der Waals surface area contributed by atoms with Gasteiger partial charge in [-0.2, -0.15) is 4.98 Å². The molecule has 0 aromatic carbocycles. The Morgan fingerprint density at radius 1 is 1.18 bits per heavy atom. The highest BCUT2D eigenvalue weighted by Gasteiger charge is 2.49. The van der Waals surface area contributed by atoms with E-state index in [9.17, 15) is 9.32 Å². The Balaban J connectivity index is 1.31. The highest BCUT2D eigenvalue weighted by atomic mass is 35.5. The zero-order valence-corrected chi connectivity index (χ0v) is 20.5. The fraction of sp³-hybridized carbons (Fsp3) is 0.652. The van der Waals surface area contributed by atoms with E-state index < -0.39 is 10.8 Å². The Morgan fingerprint density at radius 2 is 1.88 bits per heavy atom. The van der Waals surface area contributed by atoms with Gasteiger partial charge < -0.3 is 15.3 Å². The van der Waals surface area contributed by atoms with Gasteiger partial charge >= 0.3 is 0 Å². The van der Waals surface area contributed by atoms with Crippen molar-refractivity contribution in [3.05, 3.63) is 28.9 Å². The van der Waals surface area contributed by atoms with Crippen LogP contribution in [0, 0.1) is 0 Å². The van der Waals surface area contributed by atoms with Crippen LogP contribution in [0.15, 0.2) is 17.3 Å². The van der Waals surface area contributed by atoms with E-state index in [0.29, 0.717) is 35.3 Å². The van der Waals surface area contributed by atoms with E-state index in [1.54, 1.807) is 12.4 Å². The minimum absolute atomic E-state index is 0.0505. The summed E-state index contributed by atoms with van der Waals surface area (Å²) in [5.74, 6) is 2.54. The van der Waals surface area contributed by atoms with Crippen molar-refractivity contribution in [2.75, 3.05) is 16.8 Å². The highest BCUT2D eigenvalue weighted by Crippen LogP contribution is 2.48. The van der Waals surface area contributed by atoms with E-state index in [1.807, 2.05) is 13.8 Å². The van der Waals surface area contributed by atoms with E-state index in [-0.39, 0.29) is 16.9 Å². The van der Waals surface area contributed by atoms with Crippen molar-refractivity contribution in [1.82, 2.24) is 19.9 Å². The molecule has 5 aliphatic rings. The number of aliphatic hydroxyl groups is 1. The second-order valence-corrected chi connectivity index (χ2v) is 13.1. The van der Waals surface area contributed by atoms with Crippen LogP contribution in [0.3, 0.4) is 0 Å². The molecule has 2 N–H and O–H groups in total.